The molecule has 11 heteroatoms. The third-order valence-electron chi connectivity index (χ3n) is 5.52. The number of rotatable bonds is 6. The van der Waals surface area contributed by atoms with Crippen LogP contribution in [0.4, 0.5) is 23.5 Å². The number of hydrogen-bond acceptors (Lipinski definition) is 5. The Kier molecular flexibility index (Phi) is 6.95. The van der Waals surface area contributed by atoms with Crippen molar-refractivity contribution >= 4 is 23.3 Å². The molecule has 2 aromatic rings. The van der Waals surface area contributed by atoms with Crippen molar-refractivity contribution in [2.45, 2.75) is 26.7 Å². The van der Waals surface area contributed by atoms with E-state index in [4.69, 9.17) is 0 Å². The summed E-state index contributed by atoms with van der Waals surface area (Å²) < 4.78 is 59.8. The number of aliphatic imine (C=N–C) groups is 1. The summed E-state index contributed by atoms with van der Waals surface area (Å²) in [5, 5.41) is 4.05. The monoisotopic (exact) mass is 453 g/mol. The maximum atomic E-state index is 14.1. The topological polar surface area (TPSA) is 72.6 Å². The van der Waals surface area contributed by atoms with Crippen molar-refractivity contribution in [2.75, 3.05) is 20.2 Å². The third kappa shape index (κ3) is 4.66. The first-order valence-corrected chi connectivity index (χ1v) is 9.88. The summed E-state index contributed by atoms with van der Waals surface area (Å²) in [5.74, 6) is -3.30. The number of ether oxygens (including phenoxy) is 1. The Morgan fingerprint density at radius 3 is 2.56 bits per heavy atom. The Bertz CT molecular complexity index is 1030. The Hall–Kier alpha value is -3.24. The van der Waals surface area contributed by atoms with Crippen molar-refractivity contribution in [3.63, 3.8) is 0 Å². The fourth-order valence-corrected chi connectivity index (χ4v) is 3.63. The molecule has 3 rings (SSSR count). The molecule has 1 saturated heterocycles. The largest absolute Gasteiger partial charge is 0.491 e. The molecule has 1 aromatic carbocycles. The lowest BCUT2D eigenvalue weighted by atomic mass is 9.84. The molecular formula is C21H23F4N5O2. The van der Waals surface area contributed by atoms with Crippen molar-refractivity contribution in [1.82, 2.24) is 19.7 Å². The molecule has 0 bridgehead atoms. The number of carbonyl (C=O) groups excluding carboxylic acids is 1. The first-order valence-electron chi connectivity index (χ1n) is 9.88. The number of halogens is 4. The van der Waals surface area contributed by atoms with Crippen LogP contribution in [-0.2, 0) is 0 Å². The summed E-state index contributed by atoms with van der Waals surface area (Å²) in [4.78, 5) is 22.1. The number of nitrogens with zero attached hydrogens (tertiary/aromatic N) is 5. The van der Waals surface area contributed by atoms with Gasteiger partial charge in [-0.15, -0.1) is 0 Å². The van der Waals surface area contributed by atoms with Crippen LogP contribution >= 0.6 is 0 Å². The molecule has 0 N–H and O–H groups in total. The Labute approximate surface area is 182 Å². The van der Waals surface area contributed by atoms with Gasteiger partial charge in [-0.1, -0.05) is 13.5 Å². The van der Waals surface area contributed by atoms with Gasteiger partial charge in [0.2, 0.25) is 0 Å². The summed E-state index contributed by atoms with van der Waals surface area (Å²) in [6.07, 6.45) is -0.956. The fraction of sp³-hybridized carbons (Fsp3) is 0.429. The van der Waals surface area contributed by atoms with Crippen molar-refractivity contribution in [1.29, 1.82) is 0 Å². The van der Waals surface area contributed by atoms with Gasteiger partial charge in [0.15, 0.2) is 17.4 Å². The van der Waals surface area contributed by atoms with Crippen LogP contribution in [-0.4, -0.2) is 57.9 Å². The summed E-state index contributed by atoms with van der Waals surface area (Å²) in [5.41, 5.74) is -0.122. The molecule has 0 radical (unpaired) electrons. The number of alkyl halides is 2. The molecule has 1 aliphatic heterocycles. The number of benzene rings is 1. The highest BCUT2D eigenvalue weighted by Crippen LogP contribution is 2.33. The molecule has 7 nitrogen and oxygen atoms in total. The summed E-state index contributed by atoms with van der Waals surface area (Å²) in [6.45, 7) is 7.76. The summed E-state index contributed by atoms with van der Waals surface area (Å²) in [6, 6.07) is 1.87. The lowest BCUT2D eigenvalue weighted by Crippen LogP contribution is -2.44. The van der Waals surface area contributed by atoms with Gasteiger partial charge in [-0.2, -0.15) is 10.1 Å². The quantitative estimate of drug-likeness (QED) is 0.486. The lowest BCUT2D eigenvalue weighted by Gasteiger charge is -2.38. The van der Waals surface area contributed by atoms with Gasteiger partial charge in [0.05, 0.1) is 12.8 Å². The highest BCUT2D eigenvalue weighted by Gasteiger charge is 2.33. The smallest absolute Gasteiger partial charge is 0.276 e. The first-order chi connectivity index (χ1) is 15.1. The van der Waals surface area contributed by atoms with Gasteiger partial charge in [0.1, 0.15) is 6.33 Å². The van der Waals surface area contributed by atoms with Crippen molar-refractivity contribution < 1.29 is 27.1 Å². The second-order valence-electron chi connectivity index (χ2n) is 7.61. The van der Waals surface area contributed by atoms with Crippen LogP contribution in [0.1, 0.15) is 30.6 Å². The van der Waals surface area contributed by atoms with Crippen LogP contribution in [0, 0.1) is 23.5 Å². The Morgan fingerprint density at radius 2 is 1.97 bits per heavy atom. The van der Waals surface area contributed by atoms with Crippen LogP contribution in [0.3, 0.4) is 0 Å². The van der Waals surface area contributed by atoms with E-state index in [1.807, 2.05) is 6.92 Å². The van der Waals surface area contributed by atoms with E-state index in [1.165, 1.54) is 22.8 Å². The number of carbonyl (C=O) groups is 1. The lowest BCUT2D eigenvalue weighted by molar-refractivity contribution is 0.0652. The zero-order valence-electron chi connectivity index (χ0n) is 17.9. The highest BCUT2D eigenvalue weighted by atomic mass is 19.3. The molecule has 1 aliphatic rings. The van der Waals surface area contributed by atoms with Crippen LogP contribution in [0.2, 0.25) is 0 Å². The molecule has 0 spiro atoms. The fourth-order valence-electron chi connectivity index (χ4n) is 3.63. The second kappa shape index (κ2) is 9.49. The van der Waals surface area contributed by atoms with E-state index in [1.54, 1.807) is 0 Å². The maximum absolute atomic E-state index is 14.1. The molecule has 32 heavy (non-hydrogen) atoms. The average molecular weight is 453 g/mol. The van der Waals surface area contributed by atoms with Gasteiger partial charge in [0.25, 0.3) is 18.3 Å². The molecule has 1 aromatic heterocycles. The Morgan fingerprint density at radius 1 is 1.31 bits per heavy atom. The van der Waals surface area contributed by atoms with E-state index in [9.17, 15) is 22.4 Å². The molecule has 172 valence electrons. The van der Waals surface area contributed by atoms with Gasteiger partial charge in [-0.3, -0.25) is 4.79 Å². The third-order valence-corrected chi connectivity index (χ3v) is 5.52. The zero-order chi connectivity index (χ0) is 23.6. The van der Waals surface area contributed by atoms with E-state index in [-0.39, 0.29) is 29.9 Å². The SMILES string of the molecule is C=C([C@@H]1CN(C(=O)c2cc(F)c(OC)c(F)c2)CC[C@H]1C)n1ncnc1N=C(C)C(F)F. The van der Waals surface area contributed by atoms with E-state index < -0.39 is 35.4 Å². The van der Waals surface area contributed by atoms with E-state index >= 15 is 0 Å². The number of amides is 1. The van der Waals surface area contributed by atoms with E-state index in [0.29, 0.717) is 18.7 Å². The molecule has 0 aliphatic carbocycles. The number of methoxy groups -OCH3 is 1. The molecule has 2 heterocycles. The van der Waals surface area contributed by atoms with Gasteiger partial charge in [0, 0.05) is 30.3 Å². The minimum absolute atomic E-state index is 0.0391. The zero-order valence-corrected chi connectivity index (χ0v) is 17.9. The number of likely N-dealkylation sites (tertiary alicyclic amines) is 1. The summed E-state index contributed by atoms with van der Waals surface area (Å²) in [7, 11) is 1.14. The normalized spacial score (nSPS) is 19.4. The van der Waals surface area contributed by atoms with Crippen LogP contribution < -0.4 is 4.74 Å². The number of hydrogen-bond donors (Lipinski definition) is 0. The predicted octanol–water partition coefficient (Wildman–Crippen LogP) is 4.19. The van der Waals surface area contributed by atoms with Crippen molar-refractivity contribution in [3.8, 4) is 5.75 Å². The average Bonchev–Trinajstić information content (AvgIpc) is 3.20. The maximum Gasteiger partial charge on any atom is 0.276 e. The van der Waals surface area contributed by atoms with Crippen LogP contribution in [0.15, 0.2) is 30.0 Å². The van der Waals surface area contributed by atoms with Gasteiger partial charge >= 0.3 is 0 Å². The molecule has 1 amide bonds. The Balaban J connectivity index is 1.83. The molecule has 0 saturated carbocycles. The van der Waals surface area contributed by atoms with Gasteiger partial charge in [-0.05, 0) is 31.4 Å². The summed E-state index contributed by atoms with van der Waals surface area (Å²) >= 11 is 0. The van der Waals surface area contributed by atoms with E-state index in [0.717, 1.165) is 19.2 Å². The molecular weight excluding hydrogens is 430 g/mol. The molecule has 2 atom stereocenters. The van der Waals surface area contributed by atoms with Gasteiger partial charge < -0.3 is 9.64 Å². The predicted molar refractivity (Wildman–Crippen MR) is 110 cm³/mol. The molecule has 0 unspecified atom stereocenters. The minimum Gasteiger partial charge on any atom is -0.491 e. The van der Waals surface area contributed by atoms with Crippen molar-refractivity contribution in [2.24, 2.45) is 16.8 Å². The number of aromatic nitrogens is 3. The van der Waals surface area contributed by atoms with Gasteiger partial charge in [-0.25, -0.2) is 27.2 Å². The van der Waals surface area contributed by atoms with Crippen LogP contribution in [0.5, 0.6) is 5.75 Å². The molecule has 1 fully saturated rings. The van der Waals surface area contributed by atoms with Crippen LogP contribution in [0.25, 0.3) is 5.70 Å². The number of piperidine rings is 1. The minimum atomic E-state index is -2.74. The standard InChI is InChI=1S/C21H23F4N5O2/c1-11-5-6-29(20(31)14-7-16(22)18(32-4)17(23)8-14)9-15(11)13(3)30-21(26-10-27-30)28-12(2)19(24)25/h7-8,10-11,15,19H,3,5-6,9H2,1-2,4H3/t11-,15-/m1/s1. The highest BCUT2D eigenvalue weighted by molar-refractivity contribution is 5.94. The first kappa shape index (κ1) is 23.4. The van der Waals surface area contributed by atoms with Crippen molar-refractivity contribution in [3.05, 3.63) is 42.2 Å². The van der Waals surface area contributed by atoms with E-state index in [2.05, 4.69) is 26.4 Å². The second-order valence-corrected chi connectivity index (χ2v) is 7.61.